The Morgan fingerprint density at radius 2 is 1.91 bits per heavy atom. The van der Waals surface area contributed by atoms with Gasteiger partial charge < -0.3 is 14.8 Å². The lowest BCUT2D eigenvalue weighted by Gasteiger charge is -2.28. The minimum absolute atomic E-state index is 0.266. The lowest BCUT2D eigenvalue weighted by atomic mass is 9.93. The van der Waals surface area contributed by atoms with Crippen LogP contribution < -0.4 is 5.32 Å². The van der Waals surface area contributed by atoms with E-state index in [2.05, 4.69) is 36.2 Å². The SMILES string of the molecule is COC[C@H]1CC[C@@H](C)N1Cc1ccc(C(=O)N[C@@H](CCSC)C(=O)OC)c(-c2ccccc2C)c1. The average Bonchev–Trinajstić information content (AvgIpc) is 3.20. The van der Waals surface area contributed by atoms with Gasteiger partial charge in [0, 0.05) is 31.3 Å². The number of hydrogen-bond acceptors (Lipinski definition) is 6. The van der Waals surface area contributed by atoms with Crippen LogP contribution in [0.15, 0.2) is 42.5 Å². The second-order valence-corrected chi connectivity index (χ2v) is 10.2. The molecular weight excluding hydrogens is 460 g/mol. The van der Waals surface area contributed by atoms with Crippen LogP contribution in [0.1, 0.15) is 47.7 Å². The van der Waals surface area contributed by atoms with E-state index in [0.717, 1.165) is 54.0 Å². The number of esters is 1. The van der Waals surface area contributed by atoms with E-state index in [1.54, 1.807) is 18.9 Å². The lowest BCUT2D eigenvalue weighted by molar-refractivity contribution is -0.142. The number of hydrogen-bond donors (Lipinski definition) is 1. The first kappa shape index (κ1) is 27.2. The van der Waals surface area contributed by atoms with Crippen LogP contribution in [0.2, 0.25) is 0 Å². The molecule has 2 aromatic rings. The number of ether oxygens (including phenoxy) is 2. The van der Waals surface area contributed by atoms with Crippen molar-refractivity contribution in [2.24, 2.45) is 0 Å². The fourth-order valence-corrected chi connectivity index (χ4v) is 5.31. The topological polar surface area (TPSA) is 67.9 Å². The van der Waals surface area contributed by atoms with Gasteiger partial charge in [-0.25, -0.2) is 4.79 Å². The van der Waals surface area contributed by atoms with Crippen LogP contribution >= 0.6 is 11.8 Å². The highest BCUT2D eigenvalue weighted by Crippen LogP contribution is 2.31. The number of carbonyl (C=O) groups is 2. The molecule has 3 atom stereocenters. The minimum atomic E-state index is -0.676. The van der Waals surface area contributed by atoms with Crippen molar-refractivity contribution in [3.05, 3.63) is 59.2 Å². The molecule has 3 rings (SSSR count). The largest absolute Gasteiger partial charge is 0.467 e. The van der Waals surface area contributed by atoms with Crippen molar-refractivity contribution in [1.82, 2.24) is 10.2 Å². The van der Waals surface area contributed by atoms with Crippen molar-refractivity contribution in [3.63, 3.8) is 0 Å². The summed E-state index contributed by atoms with van der Waals surface area (Å²) in [5, 5.41) is 2.92. The maximum absolute atomic E-state index is 13.4. The molecule has 1 aliphatic rings. The lowest BCUT2D eigenvalue weighted by Crippen LogP contribution is -2.42. The van der Waals surface area contributed by atoms with E-state index in [9.17, 15) is 9.59 Å². The summed E-state index contributed by atoms with van der Waals surface area (Å²) in [5.41, 5.74) is 4.70. The van der Waals surface area contributed by atoms with Crippen molar-refractivity contribution in [2.45, 2.75) is 57.8 Å². The van der Waals surface area contributed by atoms with E-state index in [1.807, 2.05) is 36.6 Å². The third-order valence-corrected chi connectivity index (χ3v) is 7.49. The Balaban J connectivity index is 1.95. The van der Waals surface area contributed by atoms with E-state index >= 15 is 0 Å². The molecule has 1 fully saturated rings. The Labute approximate surface area is 213 Å². The summed E-state index contributed by atoms with van der Waals surface area (Å²) < 4.78 is 10.4. The average molecular weight is 499 g/mol. The fraction of sp³-hybridized carbons (Fsp3) is 0.500. The van der Waals surface area contributed by atoms with Gasteiger partial charge in [-0.1, -0.05) is 30.3 Å². The molecule has 7 heteroatoms. The Kier molecular flexibility index (Phi) is 10.2. The van der Waals surface area contributed by atoms with E-state index in [1.165, 1.54) is 7.11 Å². The number of methoxy groups -OCH3 is 2. The maximum Gasteiger partial charge on any atom is 0.328 e. The van der Waals surface area contributed by atoms with E-state index < -0.39 is 12.0 Å². The Hall–Kier alpha value is -2.35. The summed E-state index contributed by atoms with van der Waals surface area (Å²) in [6.45, 7) is 5.84. The number of amides is 1. The molecule has 2 aromatic carbocycles. The fourth-order valence-electron chi connectivity index (χ4n) is 4.84. The molecule has 0 spiro atoms. The highest BCUT2D eigenvalue weighted by Gasteiger charge is 2.31. The summed E-state index contributed by atoms with van der Waals surface area (Å²) in [6, 6.07) is 14.3. The predicted molar refractivity (Wildman–Crippen MR) is 143 cm³/mol. The van der Waals surface area contributed by atoms with Crippen molar-refractivity contribution >= 4 is 23.6 Å². The number of nitrogens with zero attached hydrogens (tertiary/aromatic N) is 1. The molecule has 0 saturated carbocycles. The van der Waals surface area contributed by atoms with Crippen LogP contribution in [0.25, 0.3) is 11.1 Å². The quantitative estimate of drug-likeness (QED) is 0.454. The number of nitrogens with one attached hydrogen (secondary N) is 1. The molecule has 0 bridgehead atoms. The van der Waals surface area contributed by atoms with E-state index in [4.69, 9.17) is 9.47 Å². The third kappa shape index (κ3) is 6.87. The number of aryl methyl sites for hydroxylation is 1. The Bertz CT molecular complexity index is 1010. The highest BCUT2D eigenvalue weighted by atomic mass is 32.2. The smallest absolute Gasteiger partial charge is 0.328 e. The van der Waals surface area contributed by atoms with Crippen molar-refractivity contribution < 1.29 is 19.1 Å². The monoisotopic (exact) mass is 498 g/mol. The number of rotatable bonds is 11. The van der Waals surface area contributed by atoms with Gasteiger partial charge in [-0.3, -0.25) is 9.69 Å². The second kappa shape index (κ2) is 13.1. The normalized spacial score (nSPS) is 18.9. The molecule has 35 heavy (non-hydrogen) atoms. The molecule has 1 heterocycles. The summed E-state index contributed by atoms with van der Waals surface area (Å²) in [6.07, 6.45) is 4.78. The van der Waals surface area contributed by atoms with Crippen molar-refractivity contribution in [2.75, 3.05) is 32.8 Å². The summed E-state index contributed by atoms with van der Waals surface area (Å²) >= 11 is 1.63. The summed E-state index contributed by atoms with van der Waals surface area (Å²) in [7, 11) is 3.11. The number of thioether (sulfide) groups is 1. The molecule has 1 aliphatic heterocycles. The zero-order valence-corrected chi connectivity index (χ0v) is 22.3. The van der Waals surface area contributed by atoms with Gasteiger partial charge in [0.05, 0.1) is 13.7 Å². The Morgan fingerprint density at radius 1 is 1.14 bits per heavy atom. The molecular formula is C28H38N2O4S. The number of likely N-dealkylation sites (tertiary alicyclic amines) is 1. The van der Waals surface area contributed by atoms with Crippen LogP contribution in [0.3, 0.4) is 0 Å². The first-order valence-corrected chi connectivity index (χ1v) is 13.6. The van der Waals surface area contributed by atoms with E-state index in [-0.39, 0.29) is 5.91 Å². The van der Waals surface area contributed by atoms with Crippen LogP contribution in [0.4, 0.5) is 0 Å². The van der Waals surface area contributed by atoms with Gasteiger partial charge in [-0.15, -0.1) is 0 Å². The molecule has 1 N–H and O–H groups in total. The molecule has 0 aliphatic carbocycles. The molecule has 6 nitrogen and oxygen atoms in total. The van der Waals surface area contributed by atoms with Gasteiger partial charge in [0.25, 0.3) is 5.91 Å². The minimum Gasteiger partial charge on any atom is -0.467 e. The molecule has 190 valence electrons. The Morgan fingerprint density at radius 3 is 2.60 bits per heavy atom. The molecule has 1 amide bonds. The number of carbonyl (C=O) groups excluding carboxylic acids is 2. The zero-order chi connectivity index (χ0) is 25.4. The van der Waals surface area contributed by atoms with Crippen LogP contribution in [0.5, 0.6) is 0 Å². The van der Waals surface area contributed by atoms with E-state index in [0.29, 0.717) is 24.1 Å². The van der Waals surface area contributed by atoms with Gasteiger partial charge in [0.1, 0.15) is 6.04 Å². The molecule has 0 aromatic heterocycles. The van der Waals surface area contributed by atoms with Gasteiger partial charge in [0.2, 0.25) is 0 Å². The standard InChI is InChI=1S/C28H38N2O4S/c1-19-8-6-7-9-23(19)25-16-21(17-30-20(2)10-12-22(30)18-33-3)11-13-24(25)27(31)29-26(14-15-35-5)28(32)34-4/h6-9,11,13,16,20,22,26H,10,12,14-15,17-18H2,1-5H3,(H,29,31)/t20-,22-,26+/m1/s1. The van der Waals surface area contributed by atoms with Gasteiger partial charge >= 0.3 is 5.97 Å². The predicted octanol–water partition coefficient (Wildman–Crippen LogP) is 4.69. The van der Waals surface area contributed by atoms with Gasteiger partial charge in [0.15, 0.2) is 0 Å². The van der Waals surface area contributed by atoms with Crippen LogP contribution in [-0.2, 0) is 20.8 Å². The molecule has 0 unspecified atom stereocenters. The van der Waals surface area contributed by atoms with Crippen molar-refractivity contribution in [3.8, 4) is 11.1 Å². The zero-order valence-electron chi connectivity index (χ0n) is 21.5. The third-order valence-electron chi connectivity index (χ3n) is 6.84. The van der Waals surface area contributed by atoms with Gasteiger partial charge in [-0.05, 0) is 79.5 Å². The van der Waals surface area contributed by atoms with Crippen molar-refractivity contribution in [1.29, 1.82) is 0 Å². The number of benzene rings is 2. The van der Waals surface area contributed by atoms with Crippen LogP contribution in [-0.4, -0.2) is 67.7 Å². The molecule has 1 saturated heterocycles. The highest BCUT2D eigenvalue weighted by molar-refractivity contribution is 7.98. The molecule has 0 radical (unpaired) electrons. The first-order valence-electron chi connectivity index (χ1n) is 12.2. The first-order chi connectivity index (χ1) is 16.9. The maximum atomic E-state index is 13.4. The van der Waals surface area contributed by atoms with Crippen LogP contribution in [0, 0.1) is 6.92 Å². The van der Waals surface area contributed by atoms with Gasteiger partial charge in [-0.2, -0.15) is 11.8 Å². The summed E-state index contributed by atoms with van der Waals surface area (Å²) in [4.78, 5) is 28.2. The summed E-state index contributed by atoms with van der Waals surface area (Å²) in [5.74, 6) is 0.0621. The second-order valence-electron chi connectivity index (χ2n) is 9.23.